The van der Waals surface area contributed by atoms with Crippen molar-refractivity contribution in [1.82, 2.24) is 14.8 Å². The second-order valence-corrected chi connectivity index (χ2v) is 7.47. The van der Waals surface area contributed by atoms with Gasteiger partial charge in [-0.25, -0.2) is 0 Å². The van der Waals surface area contributed by atoms with E-state index < -0.39 is 0 Å². The number of benzene rings is 2. The lowest BCUT2D eigenvalue weighted by Crippen LogP contribution is -2.14. The van der Waals surface area contributed by atoms with Crippen LogP contribution in [0.15, 0.2) is 53.7 Å². The molecule has 0 aliphatic carbocycles. The lowest BCUT2D eigenvalue weighted by Gasteiger charge is -2.10. The van der Waals surface area contributed by atoms with Crippen molar-refractivity contribution in [3.63, 3.8) is 0 Å². The van der Waals surface area contributed by atoms with Crippen molar-refractivity contribution in [3.05, 3.63) is 59.1 Å². The smallest absolute Gasteiger partial charge is 0.191 e. The van der Waals surface area contributed by atoms with Gasteiger partial charge in [0.25, 0.3) is 0 Å². The average Bonchev–Trinajstić information content (AvgIpc) is 3.02. The van der Waals surface area contributed by atoms with Crippen molar-refractivity contribution < 1.29 is 9.53 Å². The molecule has 2 aromatic carbocycles. The molecule has 26 heavy (non-hydrogen) atoms. The Morgan fingerprint density at radius 3 is 2.38 bits per heavy atom. The van der Waals surface area contributed by atoms with Crippen LogP contribution in [0.1, 0.15) is 17.3 Å². The number of methoxy groups -OCH3 is 1. The van der Waals surface area contributed by atoms with Crippen LogP contribution in [0.25, 0.3) is 11.4 Å². The number of nitrogens with zero attached hydrogens (tertiary/aromatic N) is 3. The number of ketones is 1. The zero-order valence-electron chi connectivity index (χ0n) is 14.6. The predicted octanol–water partition coefficient (Wildman–Crippen LogP) is 4.51. The van der Waals surface area contributed by atoms with Crippen molar-refractivity contribution in [3.8, 4) is 17.1 Å². The highest BCUT2D eigenvalue weighted by molar-refractivity contribution is 8.00. The van der Waals surface area contributed by atoms with Crippen molar-refractivity contribution in [2.75, 3.05) is 7.11 Å². The van der Waals surface area contributed by atoms with Gasteiger partial charge >= 0.3 is 0 Å². The van der Waals surface area contributed by atoms with Crippen molar-refractivity contribution >= 4 is 29.1 Å². The Bertz CT molecular complexity index is 908. The Kier molecular flexibility index (Phi) is 5.64. The van der Waals surface area contributed by atoms with Gasteiger partial charge in [0.05, 0.1) is 12.4 Å². The number of ether oxygens (including phenoxy) is 1. The SMILES string of the molecule is COc1ccc(-c2nnc(S[C@@H](C)C(=O)c3ccc(Cl)cc3)n2C)cc1. The maximum atomic E-state index is 12.6. The highest BCUT2D eigenvalue weighted by Crippen LogP contribution is 2.28. The van der Waals surface area contributed by atoms with Gasteiger partial charge in [-0.2, -0.15) is 0 Å². The predicted molar refractivity (Wildman–Crippen MR) is 104 cm³/mol. The topological polar surface area (TPSA) is 57.0 Å². The van der Waals surface area contributed by atoms with E-state index in [1.807, 2.05) is 42.8 Å². The van der Waals surface area contributed by atoms with E-state index in [2.05, 4.69) is 10.2 Å². The number of rotatable bonds is 6. The van der Waals surface area contributed by atoms with Gasteiger partial charge in [-0.1, -0.05) is 23.4 Å². The van der Waals surface area contributed by atoms with Gasteiger partial charge in [-0.3, -0.25) is 4.79 Å². The Labute approximate surface area is 161 Å². The Hall–Kier alpha value is -2.31. The molecule has 0 unspecified atom stereocenters. The fraction of sp³-hybridized carbons (Fsp3) is 0.211. The molecule has 1 aromatic heterocycles. The van der Waals surface area contributed by atoms with Crippen LogP contribution in [0.2, 0.25) is 5.02 Å². The standard InChI is InChI=1S/C19H18ClN3O2S/c1-12(17(24)13-4-8-15(20)9-5-13)26-19-22-21-18(23(19)2)14-6-10-16(25-3)11-7-14/h4-12H,1-3H3/t12-/m0/s1. The average molecular weight is 388 g/mol. The Balaban J connectivity index is 1.76. The van der Waals surface area contributed by atoms with Crippen molar-refractivity contribution in [1.29, 1.82) is 0 Å². The fourth-order valence-corrected chi connectivity index (χ4v) is 3.49. The lowest BCUT2D eigenvalue weighted by atomic mass is 10.1. The number of hydrogen-bond acceptors (Lipinski definition) is 5. The lowest BCUT2D eigenvalue weighted by molar-refractivity contribution is 0.0994. The molecular formula is C19H18ClN3O2S. The van der Waals surface area contributed by atoms with Gasteiger partial charge in [0.15, 0.2) is 16.8 Å². The van der Waals surface area contributed by atoms with Crippen molar-refractivity contribution in [2.24, 2.45) is 7.05 Å². The summed E-state index contributed by atoms with van der Waals surface area (Å²) in [5.41, 5.74) is 1.57. The molecular weight excluding hydrogens is 370 g/mol. The molecule has 5 nitrogen and oxygen atoms in total. The van der Waals surface area contributed by atoms with E-state index in [4.69, 9.17) is 16.3 Å². The van der Waals surface area contributed by atoms with Crippen molar-refractivity contribution in [2.45, 2.75) is 17.3 Å². The molecule has 0 fully saturated rings. The van der Waals surface area contributed by atoms with Crippen LogP contribution >= 0.6 is 23.4 Å². The molecule has 0 radical (unpaired) electrons. The summed E-state index contributed by atoms with van der Waals surface area (Å²) in [4.78, 5) is 12.6. The summed E-state index contributed by atoms with van der Waals surface area (Å²) in [6.45, 7) is 1.86. The van der Waals surface area contributed by atoms with E-state index in [-0.39, 0.29) is 11.0 Å². The largest absolute Gasteiger partial charge is 0.497 e. The molecule has 0 aliphatic rings. The zero-order chi connectivity index (χ0) is 18.7. The number of thioether (sulfide) groups is 1. The first kappa shape index (κ1) is 18.5. The number of carbonyl (C=O) groups is 1. The van der Waals surface area contributed by atoms with Crippen LogP contribution in [0.4, 0.5) is 0 Å². The third-order valence-corrected chi connectivity index (χ3v) is 5.35. The molecule has 134 valence electrons. The van der Waals surface area contributed by atoms with Gasteiger partial charge < -0.3 is 9.30 Å². The van der Waals surface area contributed by atoms with Crippen LogP contribution in [-0.2, 0) is 7.05 Å². The number of aromatic nitrogens is 3. The highest BCUT2D eigenvalue weighted by atomic mass is 35.5. The molecule has 3 rings (SSSR count). The van der Waals surface area contributed by atoms with E-state index in [0.29, 0.717) is 15.7 Å². The normalized spacial score (nSPS) is 12.0. The van der Waals surface area contributed by atoms with Crippen LogP contribution in [0.5, 0.6) is 5.75 Å². The Morgan fingerprint density at radius 1 is 1.12 bits per heavy atom. The van der Waals surface area contributed by atoms with Crippen LogP contribution in [0.3, 0.4) is 0 Å². The van der Waals surface area contributed by atoms with E-state index in [1.165, 1.54) is 11.8 Å². The third-order valence-electron chi connectivity index (χ3n) is 3.96. The monoisotopic (exact) mass is 387 g/mol. The minimum absolute atomic E-state index is 0.0284. The summed E-state index contributed by atoms with van der Waals surface area (Å²) < 4.78 is 7.06. The van der Waals surface area contributed by atoms with E-state index >= 15 is 0 Å². The molecule has 7 heteroatoms. The minimum atomic E-state index is -0.289. The van der Waals surface area contributed by atoms with Gasteiger partial charge in [-0.05, 0) is 55.5 Å². The second-order valence-electron chi connectivity index (χ2n) is 5.72. The summed E-state index contributed by atoms with van der Waals surface area (Å²) in [6.07, 6.45) is 0. The maximum Gasteiger partial charge on any atom is 0.191 e. The molecule has 0 aliphatic heterocycles. The maximum absolute atomic E-state index is 12.6. The summed E-state index contributed by atoms with van der Waals surface area (Å²) in [7, 11) is 3.52. The highest BCUT2D eigenvalue weighted by Gasteiger charge is 2.20. The Morgan fingerprint density at radius 2 is 1.77 bits per heavy atom. The summed E-state index contributed by atoms with van der Waals surface area (Å²) in [6, 6.07) is 14.5. The van der Waals surface area contributed by atoms with Crippen LogP contribution < -0.4 is 4.74 Å². The van der Waals surface area contributed by atoms with E-state index in [1.54, 1.807) is 31.4 Å². The molecule has 1 heterocycles. The number of hydrogen-bond donors (Lipinski definition) is 0. The number of carbonyl (C=O) groups excluding carboxylic acids is 1. The zero-order valence-corrected chi connectivity index (χ0v) is 16.2. The van der Waals surface area contributed by atoms with E-state index in [0.717, 1.165) is 17.1 Å². The molecule has 0 N–H and O–H groups in total. The molecule has 3 aromatic rings. The number of Topliss-reactive ketones (excluding diaryl/α,β-unsaturated/α-hetero) is 1. The van der Waals surface area contributed by atoms with Gasteiger partial charge in [-0.15, -0.1) is 10.2 Å². The molecule has 0 amide bonds. The van der Waals surface area contributed by atoms with E-state index in [9.17, 15) is 4.79 Å². The second kappa shape index (κ2) is 7.93. The summed E-state index contributed by atoms with van der Waals surface area (Å²) in [5.74, 6) is 1.55. The molecule has 1 atom stereocenters. The number of halogens is 1. The first-order valence-electron chi connectivity index (χ1n) is 8.00. The fourth-order valence-electron chi connectivity index (χ4n) is 2.47. The first-order valence-corrected chi connectivity index (χ1v) is 9.25. The van der Waals surface area contributed by atoms with Gasteiger partial charge in [0.1, 0.15) is 5.75 Å². The first-order chi connectivity index (χ1) is 12.5. The van der Waals surface area contributed by atoms with Gasteiger partial charge in [0, 0.05) is 23.2 Å². The summed E-state index contributed by atoms with van der Waals surface area (Å²) in [5, 5.41) is 9.50. The van der Waals surface area contributed by atoms with Gasteiger partial charge in [0.2, 0.25) is 0 Å². The minimum Gasteiger partial charge on any atom is -0.497 e. The molecule has 0 bridgehead atoms. The third kappa shape index (κ3) is 3.92. The quantitative estimate of drug-likeness (QED) is 0.460. The molecule has 0 saturated carbocycles. The summed E-state index contributed by atoms with van der Waals surface area (Å²) >= 11 is 7.26. The van der Waals surface area contributed by atoms with Crippen LogP contribution in [-0.4, -0.2) is 32.9 Å². The molecule has 0 spiro atoms. The van der Waals surface area contributed by atoms with Crippen LogP contribution in [0, 0.1) is 0 Å². The molecule has 0 saturated heterocycles.